The number of anilines is 1. The third-order valence-electron chi connectivity index (χ3n) is 3.41. The number of nitrogens with two attached hydrogens (primary N) is 2. The van der Waals surface area contributed by atoms with E-state index in [1.165, 1.54) is 19.1 Å². The minimum absolute atomic E-state index is 0.0816. The molecule has 0 radical (unpaired) electrons. The standard InChI is InChI=1S/C14H17N3O3/c1-3-7-14(2,16)13(20)17-11(18)8-5-4-6-9(15)10(8)12(17)19/h4-6H,3,7,15-16H2,1-2H3. The van der Waals surface area contributed by atoms with Gasteiger partial charge >= 0.3 is 0 Å². The fraction of sp³-hybridized carbons (Fsp3) is 0.357. The van der Waals surface area contributed by atoms with Crippen LogP contribution in [0.3, 0.4) is 0 Å². The number of rotatable bonds is 3. The van der Waals surface area contributed by atoms with Crippen molar-refractivity contribution in [2.24, 2.45) is 5.73 Å². The minimum Gasteiger partial charge on any atom is -0.398 e. The van der Waals surface area contributed by atoms with Crippen LogP contribution < -0.4 is 11.5 Å². The number of amides is 3. The zero-order valence-corrected chi connectivity index (χ0v) is 11.5. The van der Waals surface area contributed by atoms with Crippen LogP contribution in [-0.4, -0.2) is 28.2 Å². The molecule has 1 aliphatic heterocycles. The van der Waals surface area contributed by atoms with Crippen molar-refractivity contribution in [1.82, 2.24) is 4.90 Å². The van der Waals surface area contributed by atoms with Gasteiger partial charge in [0.1, 0.15) is 0 Å². The van der Waals surface area contributed by atoms with Gasteiger partial charge in [0.2, 0.25) is 0 Å². The monoisotopic (exact) mass is 275 g/mol. The molecule has 0 saturated heterocycles. The van der Waals surface area contributed by atoms with E-state index in [1.54, 1.807) is 6.07 Å². The van der Waals surface area contributed by atoms with E-state index >= 15 is 0 Å². The van der Waals surface area contributed by atoms with Gasteiger partial charge in [-0.05, 0) is 25.5 Å². The van der Waals surface area contributed by atoms with Gasteiger partial charge in [0, 0.05) is 5.69 Å². The summed E-state index contributed by atoms with van der Waals surface area (Å²) in [4.78, 5) is 37.5. The van der Waals surface area contributed by atoms with Crippen LogP contribution in [0.4, 0.5) is 5.69 Å². The van der Waals surface area contributed by atoms with Gasteiger partial charge < -0.3 is 11.5 Å². The van der Waals surface area contributed by atoms with Crippen LogP contribution >= 0.6 is 0 Å². The fourth-order valence-corrected chi connectivity index (χ4v) is 2.38. The number of nitrogens with zero attached hydrogens (tertiary/aromatic N) is 1. The van der Waals surface area contributed by atoms with Crippen molar-refractivity contribution in [3.8, 4) is 0 Å². The van der Waals surface area contributed by atoms with E-state index in [9.17, 15) is 14.4 Å². The first kappa shape index (κ1) is 14.2. The van der Waals surface area contributed by atoms with Gasteiger partial charge in [0.25, 0.3) is 17.7 Å². The van der Waals surface area contributed by atoms with Crippen molar-refractivity contribution in [1.29, 1.82) is 0 Å². The highest BCUT2D eigenvalue weighted by Gasteiger charge is 2.45. The van der Waals surface area contributed by atoms with E-state index in [0.717, 1.165) is 0 Å². The van der Waals surface area contributed by atoms with Crippen LogP contribution in [0.15, 0.2) is 18.2 Å². The molecule has 106 valence electrons. The average molecular weight is 275 g/mol. The van der Waals surface area contributed by atoms with Crippen LogP contribution in [0.2, 0.25) is 0 Å². The quantitative estimate of drug-likeness (QED) is 0.630. The summed E-state index contributed by atoms with van der Waals surface area (Å²) in [6.45, 7) is 3.39. The Balaban J connectivity index is 2.43. The molecule has 0 bridgehead atoms. The zero-order valence-electron chi connectivity index (χ0n) is 11.5. The van der Waals surface area contributed by atoms with Gasteiger partial charge in [-0.15, -0.1) is 0 Å². The van der Waals surface area contributed by atoms with Crippen molar-refractivity contribution in [2.75, 3.05) is 5.73 Å². The van der Waals surface area contributed by atoms with Crippen molar-refractivity contribution >= 4 is 23.4 Å². The average Bonchev–Trinajstić information content (AvgIpc) is 2.62. The highest BCUT2D eigenvalue weighted by atomic mass is 16.2. The Morgan fingerprint density at radius 2 is 1.95 bits per heavy atom. The second-order valence-electron chi connectivity index (χ2n) is 5.19. The number of fused-ring (bicyclic) bond motifs is 1. The molecule has 1 heterocycles. The summed E-state index contributed by atoms with van der Waals surface area (Å²) in [6.07, 6.45) is 1.05. The highest BCUT2D eigenvalue weighted by molar-refractivity contribution is 6.31. The maximum absolute atomic E-state index is 12.4. The van der Waals surface area contributed by atoms with Gasteiger partial charge in [0.15, 0.2) is 0 Å². The van der Waals surface area contributed by atoms with E-state index in [4.69, 9.17) is 11.5 Å². The molecule has 6 heteroatoms. The molecule has 20 heavy (non-hydrogen) atoms. The molecule has 0 aliphatic carbocycles. The molecule has 0 saturated carbocycles. The minimum atomic E-state index is -1.25. The molecule has 1 unspecified atom stereocenters. The summed E-state index contributed by atoms with van der Waals surface area (Å²) in [6, 6.07) is 4.57. The number of hydrogen-bond donors (Lipinski definition) is 2. The molecule has 4 N–H and O–H groups in total. The second kappa shape index (κ2) is 4.72. The number of carbonyl (C=O) groups is 3. The molecule has 6 nitrogen and oxygen atoms in total. The van der Waals surface area contributed by atoms with Crippen molar-refractivity contribution in [3.63, 3.8) is 0 Å². The van der Waals surface area contributed by atoms with E-state index < -0.39 is 23.3 Å². The van der Waals surface area contributed by atoms with Gasteiger partial charge in [-0.2, -0.15) is 0 Å². The summed E-state index contributed by atoms with van der Waals surface area (Å²) in [5.74, 6) is -2.04. The van der Waals surface area contributed by atoms with Gasteiger partial charge in [0.05, 0.1) is 16.7 Å². The third-order valence-corrected chi connectivity index (χ3v) is 3.41. The lowest BCUT2D eigenvalue weighted by molar-refractivity contribution is -0.131. The normalized spacial score (nSPS) is 17.1. The lowest BCUT2D eigenvalue weighted by Crippen LogP contribution is -2.54. The molecule has 1 aromatic rings. The second-order valence-corrected chi connectivity index (χ2v) is 5.19. The number of carbonyl (C=O) groups excluding carboxylic acids is 3. The largest absolute Gasteiger partial charge is 0.398 e. The lowest BCUT2D eigenvalue weighted by Gasteiger charge is -2.26. The topological polar surface area (TPSA) is 106 Å². The Labute approximate surface area is 116 Å². The lowest BCUT2D eigenvalue weighted by atomic mass is 9.96. The molecule has 3 amide bonds. The molecule has 1 atom stereocenters. The Hall–Kier alpha value is -2.21. The molecule has 2 rings (SSSR count). The number of nitrogen functional groups attached to an aromatic ring is 1. The van der Waals surface area contributed by atoms with Crippen molar-refractivity contribution in [3.05, 3.63) is 29.3 Å². The number of benzene rings is 1. The highest BCUT2D eigenvalue weighted by Crippen LogP contribution is 2.29. The first-order chi connectivity index (χ1) is 9.31. The smallest absolute Gasteiger partial charge is 0.270 e. The Morgan fingerprint density at radius 1 is 1.30 bits per heavy atom. The van der Waals surface area contributed by atoms with E-state index in [-0.39, 0.29) is 16.8 Å². The SMILES string of the molecule is CCCC(C)(N)C(=O)N1C(=O)c2cccc(N)c2C1=O. The van der Waals surface area contributed by atoms with Crippen LogP contribution in [0.1, 0.15) is 47.4 Å². The summed E-state index contributed by atoms with van der Waals surface area (Å²) >= 11 is 0. The van der Waals surface area contributed by atoms with Crippen LogP contribution in [0.5, 0.6) is 0 Å². The van der Waals surface area contributed by atoms with Crippen LogP contribution in [0, 0.1) is 0 Å². The predicted molar refractivity (Wildman–Crippen MR) is 73.9 cm³/mol. The summed E-state index contributed by atoms with van der Waals surface area (Å²) < 4.78 is 0. The Kier molecular flexibility index (Phi) is 3.35. The summed E-state index contributed by atoms with van der Waals surface area (Å²) in [5.41, 5.74) is 10.8. The first-order valence-corrected chi connectivity index (χ1v) is 6.42. The third kappa shape index (κ3) is 1.98. The predicted octanol–water partition coefficient (Wildman–Crippen LogP) is 0.909. The van der Waals surface area contributed by atoms with E-state index in [2.05, 4.69) is 0 Å². The Bertz CT molecular complexity index is 608. The molecular weight excluding hydrogens is 258 g/mol. The Morgan fingerprint density at radius 3 is 2.50 bits per heavy atom. The first-order valence-electron chi connectivity index (χ1n) is 6.42. The molecule has 0 spiro atoms. The van der Waals surface area contributed by atoms with Gasteiger partial charge in [-0.3, -0.25) is 14.4 Å². The van der Waals surface area contributed by atoms with Crippen LogP contribution in [0.25, 0.3) is 0 Å². The molecule has 0 fully saturated rings. The maximum Gasteiger partial charge on any atom is 0.270 e. The summed E-state index contributed by atoms with van der Waals surface area (Å²) in [5, 5.41) is 0. The molecular formula is C14H17N3O3. The number of imide groups is 3. The molecule has 1 aromatic carbocycles. The molecule has 0 aromatic heterocycles. The van der Waals surface area contributed by atoms with Crippen molar-refractivity contribution < 1.29 is 14.4 Å². The van der Waals surface area contributed by atoms with Gasteiger partial charge in [-0.1, -0.05) is 19.4 Å². The van der Waals surface area contributed by atoms with E-state index in [0.29, 0.717) is 17.7 Å². The maximum atomic E-state index is 12.4. The van der Waals surface area contributed by atoms with Gasteiger partial charge in [-0.25, -0.2) is 4.90 Å². The van der Waals surface area contributed by atoms with E-state index in [1.807, 2.05) is 6.92 Å². The zero-order chi connectivity index (χ0) is 15.1. The molecule has 1 aliphatic rings. The number of hydrogen-bond acceptors (Lipinski definition) is 5. The summed E-state index contributed by atoms with van der Waals surface area (Å²) in [7, 11) is 0. The van der Waals surface area contributed by atoms with Crippen molar-refractivity contribution in [2.45, 2.75) is 32.2 Å². The fourth-order valence-electron chi connectivity index (χ4n) is 2.38. The van der Waals surface area contributed by atoms with Crippen LogP contribution in [-0.2, 0) is 4.79 Å².